The van der Waals surface area contributed by atoms with Crippen LogP contribution in [-0.4, -0.2) is 27.3 Å². The predicted molar refractivity (Wildman–Crippen MR) is 34.3 cm³/mol. The van der Waals surface area contributed by atoms with E-state index in [4.69, 9.17) is 5.11 Å². The summed E-state index contributed by atoms with van der Waals surface area (Å²) in [7, 11) is 0. The number of aliphatic hydroxyl groups excluding tert-OH is 1. The molecule has 0 aromatic carbocycles. The third kappa shape index (κ3) is 2.12. The van der Waals surface area contributed by atoms with Crippen LogP contribution >= 0.6 is 0 Å². The van der Waals surface area contributed by atoms with Crippen LogP contribution in [0.3, 0.4) is 0 Å². The first-order valence-corrected chi connectivity index (χ1v) is 3.03. The summed E-state index contributed by atoms with van der Waals surface area (Å²) in [5, 5.41) is 12.3. The number of nitrogens with zero attached hydrogens (tertiary/aromatic N) is 2. The summed E-state index contributed by atoms with van der Waals surface area (Å²) in [4.78, 5) is 9.93. The number of carbonyl (C=O) groups is 1. The molecule has 1 N–H and O–H groups in total. The summed E-state index contributed by atoms with van der Waals surface area (Å²) in [6.45, 7) is -0.00653. The molecule has 0 spiro atoms. The number of aliphatic hydroxyl groups is 1. The van der Waals surface area contributed by atoms with Crippen LogP contribution in [0.5, 0.6) is 0 Å². The number of hydrogen-bond donors (Lipinski definition) is 1. The smallest absolute Gasteiger partial charge is 0.161 e. The van der Waals surface area contributed by atoms with Crippen LogP contribution in [0, 0.1) is 5.82 Å². The SMILES string of the molecule is O=CC(O)Cn1cc(F)cn1. The highest BCUT2D eigenvalue weighted by molar-refractivity contribution is 5.55. The fourth-order valence-electron chi connectivity index (χ4n) is 0.673. The average Bonchev–Trinajstić information content (AvgIpc) is 2.35. The lowest BCUT2D eigenvalue weighted by atomic mass is 10.4. The first-order valence-electron chi connectivity index (χ1n) is 3.03. The summed E-state index contributed by atoms with van der Waals surface area (Å²) in [5.74, 6) is -0.483. The first kappa shape index (κ1) is 7.87. The summed E-state index contributed by atoms with van der Waals surface area (Å²) < 4.78 is 13.4. The van der Waals surface area contributed by atoms with E-state index >= 15 is 0 Å². The molecule has 0 amide bonds. The molecule has 0 aliphatic heterocycles. The van der Waals surface area contributed by atoms with Crippen molar-refractivity contribution in [2.45, 2.75) is 12.6 Å². The van der Waals surface area contributed by atoms with Crippen LogP contribution < -0.4 is 0 Å². The highest BCUT2D eigenvalue weighted by atomic mass is 19.1. The number of hydrogen-bond acceptors (Lipinski definition) is 3. The molecule has 0 aliphatic rings. The van der Waals surface area contributed by atoms with Gasteiger partial charge in [0.15, 0.2) is 5.82 Å². The van der Waals surface area contributed by atoms with E-state index in [1.165, 1.54) is 0 Å². The van der Waals surface area contributed by atoms with E-state index in [2.05, 4.69) is 5.10 Å². The molecule has 0 radical (unpaired) electrons. The summed E-state index contributed by atoms with van der Waals surface area (Å²) in [6.07, 6.45) is 1.37. The van der Waals surface area contributed by atoms with Gasteiger partial charge in [-0.15, -0.1) is 0 Å². The van der Waals surface area contributed by atoms with Gasteiger partial charge in [-0.1, -0.05) is 0 Å². The van der Waals surface area contributed by atoms with Gasteiger partial charge in [0, 0.05) is 0 Å². The average molecular weight is 158 g/mol. The third-order valence-electron chi connectivity index (χ3n) is 1.13. The van der Waals surface area contributed by atoms with E-state index < -0.39 is 11.9 Å². The Kier molecular flexibility index (Phi) is 2.32. The standard InChI is InChI=1S/C6H7FN2O2/c7-5-1-8-9(2-5)3-6(11)4-10/h1-2,4,6,11H,3H2. The van der Waals surface area contributed by atoms with Gasteiger partial charge in [-0.25, -0.2) is 4.39 Å². The molecule has 1 atom stereocenters. The van der Waals surface area contributed by atoms with Crippen molar-refractivity contribution < 1.29 is 14.3 Å². The minimum Gasteiger partial charge on any atom is -0.384 e. The van der Waals surface area contributed by atoms with Crippen molar-refractivity contribution in [2.24, 2.45) is 0 Å². The van der Waals surface area contributed by atoms with Crippen LogP contribution in [0.25, 0.3) is 0 Å². The maximum Gasteiger partial charge on any atom is 0.161 e. The summed E-state index contributed by atoms with van der Waals surface area (Å²) in [5.41, 5.74) is 0. The maximum absolute atomic E-state index is 12.2. The van der Waals surface area contributed by atoms with Crippen molar-refractivity contribution in [2.75, 3.05) is 0 Å². The van der Waals surface area contributed by atoms with Gasteiger partial charge in [-0.2, -0.15) is 5.10 Å². The van der Waals surface area contributed by atoms with Gasteiger partial charge >= 0.3 is 0 Å². The van der Waals surface area contributed by atoms with Crippen molar-refractivity contribution in [3.05, 3.63) is 18.2 Å². The molecule has 11 heavy (non-hydrogen) atoms. The molecule has 5 heteroatoms. The zero-order valence-electron chi connectivity index (χ0n) is 5.64. The Bertz CT molecular complexity index is 248. The number of aromatic nitrogens is 2. The molecule has 1 unspecified atom stereocenters. The Morgan fingerprint density at radius 1 is 1.91 bits per heavy atom. The minimum absolute atomic E-state index is 0.00653. The molecule has 60 valence electrons. The maximum atomic E-state index is 12.2. The van der Waals surface area contributed by atoms with Crippen molar-refractivity contribution in [3.8, 4) is 0 Å². The van der Waals surface area contributed by atoms with Crippen molar-refractivity contribution in [1.82, 2.24) is 9.78 Å². The Morgan fingerprint density at radius 2 is 2.64 bits per heavy atom. The van der Waals surface area contributed by atoms with Crippen LogP contribution in [0.1, 0.15) is 0 Å². The lowest BCUT2D eigenvalue weighted by Crippen LogP contribution is -2.17. The van der Waals surface area contributed by atoms with Gasteiger partial charge in [0.1, 0.15) is 12.4 Å². The summed E-state index contributed by atoms with van der Waals surface area (Å²) >= 11 is 0. The van der Waals surface area contributed by atoms with Crippen LogP contribution in [0.15, 0.2) is 12.4 Å². The van der Waals surface area contributed by atoms with Gasteiger partial charge in [0.05, 0.1) is 18.9 Å². The van der Waals surface area contributed by atoms with Crippen molar-refractivity contribution in [3.63, 3.8) is 0 Å². The topological polar surface area (TPSA) is 55.1 Å². The van der Waals surface area contributed by atoms with E-state index in [-0.39, 0.29) is 6.54 Å². The quantitative estimate of drug-likeness (QED) is 0.608. The molecular weight excluding hydrogens is 151 g/mol. The Morgan fingerprint density at radius 3 is 3.09 bits per heavy atom. The normalized spacial score (nSPS) is 12.9. The van der Waals surface area contributed by atoms with Crippen LogP contribution in [0.2, 0.25) is 0 Å². The van der Waals surface area contributed by atoms with Crippen molar-refractivity contribution in [1.29, 1.82) is 0 Å². The highest BCUT2D eigenvalue weighted by Gasteiger charge is 2.03. The molecule has 1 heterocycles. The summed E-state index contributed by atoms with van der Waals surface area (Å²) in [6, 6.07) is 0. The number of carbonyl (C=O) groups excluding carboxylic acids is 1. The fourth-order valence-corrected chi connectivity index (χ4v) is 0.673. The van der Waals surface area contributed by atoms with Gasteiger partial charge < -0.3 is 9.90 Å². The first-order chi connectivity index (χ1) is 5.22. The highest BCUT2D eigenvalue weighted by Crippen LogP contribution is 1.94. The van der Waals surface area contributed by atoms with Gasteiger partial charge in [0.2, 0.25) is 0 Å². The minimum atomic E-state index is -1.12. The second-order valence-corrected chi connectivity index (χ2v) is 2.08. The molecule has 1 aromatic heterocycles. The second-order valence-electron chi connectivity index (χ2n) is 2.08. The molecule has 0 fully saturated rings. The molecule has 0 saturated heterocycles. The monoisotopic (exact) mass is 158 g/mol. The van der Waals surface area contributed by atoms with Gasteiger partial charge in [-0.05, 0) is 0 Å². The second kappa shape index (κ2) is 3.25. The van der Waals surface area contributed by atoms with Gasteiger partial charge in [-0.3, -0.25) is 4.68 Å². The van der Waals surface area contributed by atoms with E-state index in [1.54, 1.807) is 0 Å². The van der Waals surface area contributed by atoms with Gasteiger partial charge in [0.25, 0.3) is 0 Å². The largest absolute Gasteiger partial charge is 0.384 e. The van der Waals surface area contributed by atoms with Crippen molar-refractivity contribution >= 4 is 6.29 Å². The van der Waals surface area contributed by atoms with E-state index in [1.807, 2.05) is 0 Å². The Labute approximate surface area is 62.3 Å². The zero-order chi connectivity index (χ0) is 8.27. The molecule has 0 bridgehead atoms. The number of aldehydes is 1. The molecule has 0 aliphatic carbocycles. The van der Waals surface area contributed by atoms with E-state index in [0.717, 1.165) is 17.1 Å². The Hall–Kier alpha value is -1.23. The zero-order valence-corrected chi connectivity index (χ0v) is 5.64. The molecular formula is C6H7FN2O2. The van der Waals surface area contributed by atoms with E-state index in [0.29, 0.717) is 6.29 Å². The molecule has 1 rings (SSSR count). The molecule has 0 saturated carbocycles. The predicted octanol–water partition coefficient (Wildman–Crippen LogP) is -0.418. The number of rotatable bonds is 3. The van der Waals surface area contributed by atoms with E-state index in [9.17, 15) is 9.18 Å². The molecule has 4 nitrogen and oxygen atoms in total. The lowest BCUT2D eigenvalue weighted by Gasteiger charge is -2.00. The van der Waals surface area contributed by atoms with Crippen LogP contribution in [0.4, 0.5) is 4.39 Å². The Balaban J connectivity index is 2.57. The lowest BCUT2D eigenvalue weighted by molar-refractivity contribution is -0.115. The fraction of sp³-hybridized carbons (Fsp3) is 0.333. The number of halogens is 1. The van der Waals surface area contributed by atoms with Crippen LogP contribution in [-0.2, 0) is 11.3 Å². The third-order valence-corrected chi connectivity index (χ3v) is 1.13. The molecule has 1 aromatic rings.